The number of allylic oxidation sites excluding steroid dienone is 1. The Bertz CT molecular complexity index is 1030. The first-order valence-corrected chi connectivity index (χ1v) is 10.9. The summed E-state index contributed by atoms with van der Waals surface area (Å²) in [5.41, 5.74) is 6.00. The monoisotopic (exact) mass is 415 g/mol. The molecule has 4 nitrogen and oxygen atoms in total. The quantitative estimate of drug-likeness (QED) is 0.356. The third-order valence-electron chi connectivity index (χ3n) is 5.38. The number of benzene rings is 3. The zero-order valence-corrected chi connectivity index (χ0v) is 18.2. The van der Waals surface area contributed by atoms with Crippen molar-refractivity contribution < 1.29 is 14.2 Å². The number of fused-ring (bicyclic) bond motifs is 1. The molecule has 3 aromatic carbocycles. The molecular formula is C27H29NO3. The van der Waals surface area contributed by atoms with Gasteiger partial charge in [0.15, 0.2) is 11.5 Å². The Balaban J connectivity index is 1.72. The lowest BCUT2D eigenvalue weighted by Gasteiger charge is -2.17. The molecule has 160 valence electrons. The minimum absolute atomic E-state index is 0.282. The zero-order valence-electron chi connectivity index (χ0n) is 18.2. The SMILES string of the molecule is CCNCCOc1ccc(/C(=C(/CC)c2ccc3c(c2)OCO3)c2ccccc2)cc1. The summed E-state index contributed by atoms with van der Waals surface area (Å²) >= 11 is 0. The molecule has 0 radical (unpaired) electrons. The lowest BCUT2D eigenvalue weighted by Crippen LogP contribution is -2.20. The summed E-state index contributed by atoms with van der Waals surface area (Å²) in [5, 5.41) is 3.28. The van der Waals surface area contributed by atoms with Gasteiger partial charge in [-0.05, 0) is 65.1 Å². The molecule has 0 saturated heterocycles. The molecule has 0 aliphatic carbocycles. The van der Waals surface area contributed by atoms with Crippen molar-refractivity contribution in [2.75, 3.05) is 26.5 Å². The van der Waals surface area contributed by atoms with Crippen LogP contribution >= 0.6 is 0 Å². The van der Waals surface area contributed by atoms with E-state index >= 15 is 0 Å². The first-order valence-electron chi connectivity index (χ1n) is 10.9. The van der Waals surface area contributed by atoms with Gasteiger partial charge in [0.25, 0.3) is 0 Å². The summed E-state index contributed by atoms with van der Waals surface area (Å²) in [7, 11) is 0. The molecule has 0 amide bonds. The number of nitrogens with one attached hydrogen (secondary N) is 1. The average molecular weight is 416 g/mol. The van der Waals surface area contributed by atoms with Gasteiger partial charge in [0.2, 0.25) is 6.79 Å². The van der Waals surface area contributed by atoms with Crippen LogP contribution in [0.15, 0.2) is 72.8 Å². The molecule has 1 N–H and O–H groups in total. The van der Waals surface area contributed by atoms with E-state index in [0.717, 1.165) is 42.3 Å². The molecule has 31 heavy (non-hydrogen) atoms. The van der Waals surface area contributed by atoms with Crippen LogP contribution in [0.1, 0.15) is 37.0 Å². The Kier molecular flexibility index (Phi) is 6.90. The van der Waals surface area contributed by atoms with Crippen molar-refractivity contribution in [3.05, 3.63) is 89.5 Å². The van der Waals surface area contributed by atoms with Crippen LogP contribution in [-0.4, -0.2) is 26.5 Å². The van der Waals surface area contributed by atoms with Gasteiger partial charge in [0.1, 0.15) is 12.4 Å². The van der Waals surface area contributed by atoms with E-state index in [-0.39, 0.29) is 6.79 Å². The summed E-state index contributed by atoms with van der Waals surface area (Å²) in [5.74, 6) is 2.50. The van der Waals surface area contributed by atoms with Crippen molar-refractivity contribution >= 4 is 11.1 Å². The Hall–Kier alpha value is -3.24. The molecule has 0 fully saturated rings. The lowest BCUT2D eigenvalue weighted by atomic mass is 9.88. The van der Waals surface area contributed by atoms with Crippen LogP contribution in [0.3, 0.4) is 0 Å². The second kappa shape index (κ2) is 10.2. The maximum absolute atomic E-state index is 5.86. The molecule has 3 aromatic rings. The van der Waals surface area contributed by atoms with Gasteiger partial charge in [0, 0.05) is 6.54 Å². The molecule has 4 heteroatoms. The Morgan fingerprint density at radius 2 is 1.55 bits per heavy atom. The molecular weight excluding hydrogens is 386 g/mol. The van der Waals surface area contributed by atoms with Crippen molar-refractivity contribution in [3.8, 4) is 17.2 Å². The van der Waals surface area contributed by atoms with E-state index in [9.17, 15) is 0 Å². The van der Waals surface area contributed by atoms with Crippen molar-refractivity contribution in [3.63, 3.8) is 0 Å². The fourth-order valence-electron chi connectivity index (χ4n) is 3.87. The van der Waals surface area contributed by atoms with E-state index in [0.29, 0.717) is 6.61 Å². The number of likely N-dealkylation sites (N-methyl/N-ethyl adjacent to an activating group) is 1. The maximum atomic E-state index is 5.86. The number of hydrogen-bond acceptors (Lipinski definition) is 4. The molecule has 0 bridgehead atoms. The van der Waals surface area contributed by atoms with Crippen LogP contribution in [-0.2, 0) is 0 Å². The summed E-state index contributed by atoms with van der Waals surface area (Å²) in [6.07, 6.45) is 0.894. The first-order chi connectivity index (χ1) is 15.3. The second-order valence-corrected chi connectivity index (χ2v) is 7.37. The van der Waals surface area contributed by atoms with Crippen molar-refractivity contribution in [1.29, 1.82) is 0 Å². The maximum Gasteiger partial charge on any atom is 0.231 e. The van der Waals surface area contributed by atoms with Crippen LogP contribution in [0.2, 0.25) is 0 Å². The number of ether oxygens (including phenoxy) is 3. The predicted molar refractivity (Wildman–Crippen MR) is 126 cm³/mol. The zero-order chi connectivity index (χ0) is 21.5. The fraction of sp³-hybridized carbons (Fsp3) is 0.259. The molecule has 1 aliphatic rings. The van der Waals surface area contributed by atoms with Crippen molar-refractivity contribution in [2.45, 2.75) is 20.3 Å². The van der Waals surface area contributed by atoms with Gasteiger partial charge in [-0.2, -0.15) is 0 Å². The summed E-state index contributed by atoms with van der Waals surface area (Å²) in [4.78, 5) is 0. The standard InChI is InChI=1S/C27H29NO3/c1-3-24(22-12-15-25-26(18-22)31-19-30-25)27(20-8-6-5-7-9-20)21-10-13-23(14-11-21)29-17-16-28-4-2/h5-15,18,28H,3-4,16-17,19H2,1-2H3/b27-24-. The minimum atomic E-state index is 0.282. The molecule has 4 rings (SSSR count). The first kappa shape index (κ1) is 21.0. The Morgan fingerprint density at radius 1 is 0.839 bits per heavy atom. The highest BCUT2D eigenvalue weighted by atomic mass is 16.7. The van der Waals surface area contributed by atoms with Crippen LogP contribution < -0.4 is 19.5 Å². The highest BCUT2D eigenvalue weighted by Crippen LogP contribution is 2.39. The van der Waals surface area contributed by atoms with E-state index in [4.69, 9.17) is 14.2 Å². The number of hydrogen-bond donors (Lipinski definition) is 1. The second-order valence-electron chi connectivity index (χ2n) is 7.37. The van der Waals surface area contributed by atoms with Crippen LogP contribution in [0.5, 0.6) is 17.2 Å². The Labute approximate surface area is 184 Å². The normalized spacial score (nSPS) is 13.1. The molecule has 0 aromatic heterocycles. The summed E-state index contributed by atoms with van der Waals surface area (Å²) in [6, 6.07) is 25.1. The molecule has 1 heterocycles. The molecule has 1 aliphatic heterocycles. The summed E-state index contributed by atoms with van der Waals surface area (Å²) < 4.78 is 17.0. The lowest BCUT2D eigenvalue weighted by molar-refractivity contribution is 0.174. The molecule has 0 spiro atoms. The van der Waals surface area contributed by atoms with Gasteiger partial charge in [-0.15, -0.1) is 0 Å². The fourth-order valence-corrected chi connectivity index (χ4v) is 3.87. The van der Waals surface area contributed by atoms with Gasteiger partial charge < -0.3 is 19.5 Å². The number of rotatable bonds is 9. The molecule has 0 unspecified atom stereocenters. The Morgan fingerprint density at radius 3 is 2.29 bits per heavy atom. The van der Waals surface area contributed by atoms with Gasteiger partial charge in [-0.25, -0.2) is 0 Å². The van der Waals surface area contributed by atoms with E-state index in [2.05, 4.69) is 85.9 Å². The largest absolute Gasteiger partial charge is 0.492 e. The third-order valence-corrected chi connectivity index (χ3v) is 5.38. The van der Waals surface area contributed by atoms with Crippen LogP contribution in [0.25, 0.3) is 11.1 Å². The van der Waals surface area contributed by atoms with E-state index < -0.39 is 0 Å². The van der Waals surface area contributed by atoms with E-state index in [1.54, 1.807) is 0 Å². The van der Waals surface area contributed by atoms with E-state index in [1.807, 2.05) is 6.07 Å². The van der Waals surface area contributed by atoms with Gasteiger partial charge in [-0.3, -0.25) is 0 Å². The van der Waals surface area contributed by atoms with Gasteiger partial charge >= 0.3 is 0 Å². The van der Waals surface area contributed by atoms with Crippen LogP contribution in [0.4, 0.5) is 0 Å². The highest BCUT2D eigenvalue weighted by molar-refractivity contribution is 5.98. The third kappa shape index (κ3) is 4.92. The van der Waals surface area contributed by atoms with Gasteiger partial charge in [-0.1, -0.05) is 62.4 Å². The smallest absolute Gasteiger partial charge is 0.231 e. The van der Waals surface area contributed by atoms with Crippen LogP contribution in [0, 0.1) is 0 Å². The average Bonchev–Trinajstić information content (AvgIpc) is 3.29. The topological polar surface area (TPSA) is 39.7 Å². The minimum Gasteiger partial charge on any atom is -0.492 e. The molecule has 0 atom stereocenters. The van der Waals surface area contributed by atoms with Crippen molar-refractivity contribution in [2.24, 2.45) is 0 Å². The summed E-state index contributed by atoms with van der Waals surface area (Å²) in [6.45, 7) is 7.03. The predicted octanol–water partition coefficient (Wildman–Crippen LogP) is 5.77. The highest BCUT2D eigenvalue weighted by Gasteiger charge is 2.18. The van der Waals surface area contributed by atoms with Gasteiger partial charge in [0.05, 0.1) is 0 Å². The molecule has 0 saturated carbocycles. The van der Waals surface area contributed by atoms with Crippen molar-refractivity contribution in [1.82, 2.24) is 5.32 Å². The van der Waals surface area contributed by atoms with E-state index in [1.165, 1.54) is 22.3 Å².